The molecule has 2 aliphatic rings. The highest BCUT2D eigenvalue weighted by Gasteiger charge is 2.42. The predicted molar refractivity (Wildman–Crippen MR) is 111 cm³/mol. The highest BCUT2D eigenvalue weighted by molar-refractivity contribution is 6.21. The summed E-state index contributed by atoms with van der Waals surface area (Å²) in [4.78, 5) is 34.1. The van der Waals surface area contributed by atoms with Crippen LogP contribution in [0.1, 0.15) is 45.8 Å². The fourth-order valence-corrected chi connectivity index (χ4v) is 4.49. The van der Waals surface area contributed by atoms with E-state index in [-0.39, 0.29) is 23.9 Å². The molecule has 2 unspecified atom stereocenters. The van der Waals surface area contributed by atoms with Gasteiger partial charge in [0.15, 0.2) is 0 Å². The van der Waals surface area contributed by atoms with Gasteiger partial charge in [0.05, 0.1) is 39.6 Å². The monoisotopic (exact) mass is 389 g/mol. The quantitative estimate of drug-likeness (QED) is 0.696. The molecule has 1 fully saturated rings. The molecule has 3 aromatic rings. The number of nitrogens with two attached hydrogens (primary N) is 1. The van der Waals surface area contributed by atoms with Crippen molar-refractivity contribution in [3.05, 3.63) is 59.4 Å². The average molecular weight is 389 g/mol. The summed E-state index contributed by atoms with van der Waals surface area (Å²) in [5.41, 5.74) is 11.0. The van der Waals surface area contributed by atoms with Crippen molar-refractivity contribution in [3.8, 4) is 0 Å². The third-order valence-electron chi connectivity index (χ3n) is 6.00. The van der Waals surface area contributed by atoms with E-state index in [4.69, 9.17) is 10.7 Å². The first-order valence-corrected chi connectivity index (χ1v) is 9.89. The van der Waals surface area contributed by atoms with Crippen LogP contribution in [0.2, 0.25) is 0 Å². The van der Waals surface area contributed by atoms with Crippen LogP contribution in [-0.4, -0.2) is 45.4 Å². The highest BCUT2D eigenvalue weighted by Crippen LogP contribution is 2.34. The van der Waals surface area contributed by atoms with Crippen molar-refractivity contribution < 1.29 is 9.59 Å². The number of pyridine rings is 1. The van der Waals surface area contributed by atoms with Gasteiger partial charge in [0.2, 0.25) is 0 Å². The normalized spacial score (nSPS) is 20.0. The molecule has 2 amide bonds. The Bertz CT molecular complexity index is 1110. The first kappa shape index (κ1) is 17.9. The number of amides is 2. The summed E-state index contributed by atoms with van der Waals surface area (Å²) in [6.07, 6.45) is 2.72. The van der Waals surface area contributed by atoms with E-state index in [0.29, 0.717) is 17.7 Å². The maximum atomic E-state index is 12.8. The number of carbonyl (C=O) groups excluding carboxylic acids is 2. The molecule has 4 heterocycles. The summed E-state index contributed by atoms with van der Waals surface area (Å²) in [5.74, 6) is -0.387. The van der Waals surface area contributed by atoms with Crippen molar-refractivity contribution in [2.75, 3.05) is 18.0 Å². The number of anilines is 1. The first-order valence-electron chi connectivity index (χ1n) is 9.89. The number of benzene rings is 1. The zero-order valence-electron chi connectivity index (χ0n) is 16.5. The van der Waals surface area contributed by atoms with Gasteiger partial charge in [0, 0.05) is 32.4 Å². The molecule has 0 radical (unpaired) electrons. The lowest BCUT2D eigenvalue weighted by molar-refractivity contribution is 0.0598. The Balaban J connectivity index is 1.47. The zero-order valence-corrected chi connectivity index (χ0v) is 16.5. The first-order chi connectivity index (χ1) is 14.0. The van der Waals surface area contributed by atoms with Crippen molar-refractivity contribution in [2.45, 2.75) is 25.4 Å². The lowest BCUT2D eigenvalue weighted by Crippen LogP contribution is -2.41. The number of nitrogens with zero attached hydrogens (tertiary/aromatic N) is 4. The van der Waals surface area contributed by atoms with E-state index in [1.54, 1.807) is 24.3 Å². The molecule has 29 heavy (non-hydrogen) atoms. The molecule has 2 aromatic heterocycles. The van der Waals surface area contributed by atoms with Crippen LogP contribution in [0.25, 0.3) is 11.0 Å². The van der Waals surface area contributed by atoms with Crippen molar-refractivity contribution in [3.63, 3.8) is 0 Å². The summed E-state index contributed by atoms with van der Waals surface area (Å²) in [6, 6.07) is 10.8. The third-order valence-corrected chi connectivity index (χ3v) is 6.00. The second-order valence-corrected chi connectivity index (χ2v) is 7.93. The largest absolute Gasteiger partial charge is 0.368 e. The van der Waals surface area contributed by atoms with Gasteiger partial charge in [0.1, 0.15) is 0 Å². The van der Waals surface area contributed by atoms with Gasteiger partial charge in [-0.1, -0.05) is 12.1 Å². The van der Waals surface area contributed by atoms with E-state index < -0.39 is 0 Å². The molecule has 7 nitrogen and oxygen atoms in total. The number of carbonyl (C=O) groups is 2. The Morgan fingerprint density at radius 1 is 1.14 bits per heavy atom. The van der Waals surface area contributed by atoms with Gasteiger partial charge in [-0.2, -0.15) is 0 Å². The van der Waals surface area contributed by atoms with E-state index in [0.717, 1.165) is 35.4 Å². The minimum Gasteiger partial charge on any atom is -0.368 e. The summed E-state index contributed by atoms with van der Waals surface area (Å²) in [5, 5.41) is 0. The lowest BCUT2D eigenvalue weighted by Gasteiger charge is -2.25. The van der Waals surface area contributed by atoms with Crippen LogP contribution in [0.3, 0.4) is 0 Å². The van der Waals surface area contributed by atoms with Crippen LogP contribution in [0.4, 0.5) is 5.69 Å². The van der Waals surface area contributed by atoms with E-state index in [1.165, 1.54) is 4.90 Å². The fourth-order valence-electron chi connectivity index (χ4n) is 4.49. The average Bonchev–Trinajstić information content (AvgIpc) is 3.39. The Morgan fingerprint density at radius 2 is 1.83 bits per heavy atom. The summed E-state index contributed by atoms with van der Waals surface area (Å²) >= 11 is 0. The number of imide groups is 1. The van der Waals surface area contributed by atoms with Crippen LogP contribution >= 0.6 is 0 Å². The molecule has 148 valence electrons. The number of hydrogen-bond donors (Lipinski definition) is 1. The molecule has 2 aliphatic heterocycles. The molecule has 2 N–H and O–H groups in total. The van der Waals surface area contributed by atoms with E-state index in [2.05, 4.69) is 11.0 Å². The molecule has 0 saturated carbocycles. The Hall–Kier alpha value is -3.19. The SMILES string of the molecule is CC(N)c1nc2ccn(C)c2cc1N1CCC(N2C(=O)c3ccccc3C2=O)C1. The van der Waals surface area contributed by atoms with Gasteiger partial charge in [-0.3, -0.25) is 14.5 Å². The van der Waals surface area contributed by atoms with Crippen molar-refractivity contribution in [1.82, 2.24) is 14.5 Å². The van der Waals surface area contributed by atoms with Gasteiger partial charge >= 0.3 is 0 Å². The van der Waals surface area contributed by atoms with Gasteiger partial charge in [0.25, 0.3) is 11.8 Å². The zero-order chi connectivity index (χ0) is 20.3. The smallest absolute Gasteiger partial charge is 0.261 e. The minimum atomic E-state index is -0.215. The number of aryl methyl sites for hydroxylation is 1. The van der Waals surface area contributed by atoms with Crippen LogP contribution in [0.5, 0.6) is 0 Å². The molecular weight excluding hydrogens is 366 g/mol. The number of hydrogen-bond acceptors (Lipinski definition) is 5. The Labute approximate surface area is 168 Å². The Kier molecular flexibility index (Phi) is 3.96. The fraction of sp³-hybridized carbons (Fsp3) is 0.318. The number of rotatable bonds is 3. The van der Waals surface area contributed by atoms with Gasteiger partial charge < -0.3 is 15.2 Å². The van der Waals surface area contributed by atoms with E-state index >= 15 is 0 Å². The number of aromatic nitrogens is 2. The second-order valence-electron chi connectivity index (χ2n) is 7.93. The van der Waals surface area contributed by atoms with Gasteiger partial charge in [-0.25, -0.2) is 4.98 Å². The highest BCUT2D eigenvalue weighted by atomic mass is 16.2. The predicted octanol–water partition coefficient (Wildman–Crippen LogP) is 2.47. The van der Waals surface area contributed by atoms with E-state index in [1.807, 2.05) is 30.8 Å². The summed E-state index contributed by atoms with van der Waals surface area (Å²) in [7, 11) is 1.99. The molecular formula is C22H23N5O2. The molecule has 0 aliphatic carbocycles. The van der Waals surface area contributed by atoms with Crippen molar-refractivity contribution >= 4 is 28.5 Å². The number of fused-ring (bicyclic) bond motifs is 2. The van der Waals surface area contributed by atoms with Crippen LogP contribution < -0.4 is 10.6 Å². The maximum absolute atomic E-state index is 12.8. The minimum absolute atomic E-state index is 0.160. The molecule has 1 saturated heterocycles. The summed E-state index contributed by atoms with van der Waals surface area (Å²) < 4.78 is 2.04. The maximum Gasteiger partial charge on any atom is 0.261 e. The molecule has 2 atom stereocenters. The standard InChI is InChI=1S/C22H23N5O2/c1-13(23)20-19(11-18-17(24-20)8-9-25(18)2)26-10-7-14(12-26)27-21(28)15-5-3-4-6-16(15)22(27)29/h3-6,8-9,11,13-14H,7,10,12,23H2,1-2H3. The lowest BCUT2D eigenvalue weighted by atomic mass is 10.1. The molecule has 1 aromatic carbocycles. The molecule has 0 spiro atoms. The van der Waals surface area contributed by atoms with Crippen molar-refractivity contribution in [2.24, 2.45) is 12.8 Å². The van der Waals surface area contributed by atoms with Gasteiger partial charge in [-0.15, -0.1) is 0 Å². The second kappa shape index (κ2) is 6.42. The van der Waals surface area contributed by atoms with E-state index in [9.17, 15) is 9.59 Å². The van der Waals surface area contributed by atoms with Crippen LogP contribution in [0, 0.1) is 0 Å². The van der Waals surface area contributed by atoms with Crippen LogP contribution in [0.15, 0.2) is 42.6 Å². The van der Waals surface area contributed by atoms with Gasteiger partial charge in [-0.05, 0) is 37.6 Å². The topological polar surface area (TPSA) is 84.5 Å². The molecule has 5 rings (SSSR count). The molecule has 7 heteroatoms. The van der Waals surface area contributed by atoms with Crippen LogP contribution in [-0.2, 0) is 7.05 Å². The molecule has 0 bridgehead atoms. The Morgan fingerprint density at radius 3 is 2.48 bits per heavy atom. The third kappa shape index (κ3) is 2.65. The van der Waals surface area contributed by atoms with Crippen molar-refractivity contribution in [1.29, 1.82) is 0 Å². The summed E-state index contributed by atoms with van der Waals surface area (Å²) in [6.45, 7) is 3.26.